The van der Waals surface area contributed by atoms with Gasteiger partial charge in [-0.25, -0.2) is 9.78 Å². The first-order valence-corrected chi connectivity index (χ1v) is 7.52. The molecule has 0 aliphatic heterocycles. The first-order chi connectivity index (χ1) is 10.1. The summed E-state index contributed by atoms with van der Waals surface area (Å²) in [6.07, 6.45) is 1.29. The summed E-state index contributed by atoms with van der Waals surface area (Å²) in [5.74, 6) is 0.0741. The van der Waals surface area contributed by atoms with Crippen molar-refractivity contribution in [1.29, 1.82) is 0 Å². The fourth-order valence-corrected chi connectivity index (χ4v) is 2.63. The van der Waals surface area contributed by atoms with E-state index in [0.29, 0.717) is 10.9 Å². The fourth-order valence-electron chi connectivity index (χ4n) is 1.73. The minimum Gasteiger partial charge on any atom is -0.462 e. The van der Waals surface area contributed by atoms with E-state index in [2.05, 4.69) is 4.98 Å². The van der Waals surface area contributed by atoms with Crippen molar-refractivity contribution in [2.24, 2.45) is 7.05 Å². The Kier molecular flexibility index (Phi) is 5.16. The van der Waals surface area contributed by atoms with Gasteiger partial charge in [-0.1, -0.05) is 42.1 Å². The van der Waals surface area contributed by atoms with Gasteiger partial charge in [0.25, 0.3) is 5.56 Å². The minimum atomic E-state index is -0.634. The van der Waals surface area contributed by atoms with Crippen molar-refractivity contribution < 1.29 is 9.53 Å². The lowest BCUT2D eigenvalue weighted by molar-refractivity contribution is 0.0522. The fraction of sp³-hybridized carbons (Fsp3) is 0.267. The third-order valence-electron chi connectivity index (χ3n) is 2.83. The second-order valence-corrected chi connectivity index (χ2v) is 5.26. The van der Waals surface area contributed by atoms with Crippen LogP contribution in [0.2, 0.25) is 0 Å². The Morgan fingerprint density at radius 3 is 2.71 bits per heavy atom. The zero-order valence-electron chi connectivity index (χ0n) is 11.9. The monoisotopic (exact) mass is 304 g/mol. The number of ether oxygens (including phenoxy) is 1. The number of esters is 1. The third kappa shape index (κ3) is 3.72. The number of carbonyl (C=O) groups is 1. The molecule has 1 aromatic carbocycles. The zero-order chi connectivity index (χ0) is 15.2. The van der Waals surface area contributed by atoms with E-state index in [9.17, 15) is 9.59 Å². The predicted molar refractivity (Wildman–Crippen MR) is 81.4 cm³/mol. The summed E-state index contributed by atoms with van der Waals surface area (Å²) >= 11 is 1.45. The highest BCUT2D eigenvalue weighted by molar-refractivity contribution is 7.98. The summed E-state index contributed by atoms with van der Waals surface area (Å²) in [6.45, 7) is 1.92. The molecule has 0 N–H and O–H groups in total. The topological polar surface area (TPSA) is 61.2 Å². The van der Waals surface area contributed by atoms with Gasteiger partial charge >= 0.3 is 5.97 Å². The van der Waals surface area contributed by atoms with Crippen LogP contribution in [-0.2, 0) is 17.5 Å². The van der Waals surface area contributed by atoms with Crippen LogP contribution in [-0.4, -0.2) is 22.1 Å². The van der Waals surface area contributed by atoms with E-state index in [1.165, 1.54) is 22.5 Å². The first-order valence-electron chi connectivity index (χ1n) is 6.53. The Balaban J connectivity index is 2.17. The van der Waals surface area contributed by atoms with Crippen molar-refractivity contribution >= 4 is 17.7 Å². The van der Waals surface area contributed by atoms with E-state index < -0.39 is 5.97 Å². The molecule has 0 unspecified atom stereocenters. The highest BCUT2D eigenvalue weighted by Gasteiger charge is 2.15. The smallest absolute Gasteiger partial charge is 0.345 e. The largest absolute Gasteiger partial charge is 0.462 e. The Morgan fingerprint density at radius 1 is 1.33 bits per heavy atom. The lowest BCUT2D eigenvalue weighted by Gasteiger charge is -2.08. The normalized spacial score (nSPS) is 10.4. The Hall–Kier alpha value is -2.08. The van der Waals surface area contributed by atoms with Crippen LogP contribution >= 0.6 is 11.8 Å². The zero-order valence-corrected chi connectivity index (χ0v) is 12.7. The molecule has 0 saturated carbocycles. The second kappa shape index (κ2) is 7.08. The average molecular weight is 304 g/mol. The number of thioether (sulfide) groups is 1. The van der Waals surface area contributed by atoms with Crippen molar-refractivity contribution in [3.63, 3.8) is 0 Å². The molecule has 0 aliphatic rings. The number of carbonyl (C=O) groups excluding carboxylic acids is 1. The summed E-state index contributed by atoms with van der Waals surface area (Å²) in [5, 5.41) is 0.567. The molecule has 5 nitrogen and oxygen atoms in total. The number of hydrogen-bond acceptors (Lipinski definition) is 5. The summed E-state index contributed by atoms with van der Waals surface area (Å²) in [6, 6.07) is 9.91. The molecular formula is C15H16N2O3S. The SMILES string of the molecule is CCOC(=O)c1cnc(SCc2ccccc2)n(C)c1=O. The molecule has 6 heteroatoms. The van der Waals surface area contributed by atoms with Gasteiger partial charge in [-0.2, -0.15) is 0 Å². The number of hydrogen-bond donors (Lipinski definition) is 0. The van der Waals surface area contributed by atoms with Crippen LogP contribution in [0.25, 0.3) is 0 Å². The molecule has 0 saturated heterocycles. The minimum absolute atomic E-state index is 0.0385. The van der Waals surface area contributed by atoms with Gasteiger partial charge in [0.15, 0.2) is 5.16 Å². The van der Waals surface area contributed by atoms with E-state index in [4.69, 9.17) is 4.74 Å². The van der Waals surface area contributed by atoms with Crippen LogP contribution in [0.5, 0.6) is 0 Å². The molecular weight excluding hydrogens is 288 g/mol. The van der Waals surface area contributed by atoms with E-state index in [-0.39, 0.29) is 17.7 Å². The van der Waals surface area contributed by atoms with Crippen LogP contribution in [0.3, 0.4) is 0 Å². The Bertz CT molecular complexity index is 683. The van der Waals surface area contributed by atoms with Crippen molar-refractivity contribution in [1.82, 2.24) is 9.55 Å². The number of aromatic nitrogens is 2. The molecule has 0 radical (unpaired) electrons. The second-order valence-electron chi connectivity index (χ2n) is 4.31. The highest BCUT2D eigenvalue weighted by Crippen LogP contribution is 2.19. The molecule has 110 valence electrons. The lowest BCUT2D eigenvalue weighted by atomic mass is 10.2. The number of benzene rings is 1. The van der Waals surface area contributed by atoms with E-state index in [1.807, 2.05) is 30.3 Å². The van der Waals surface area contributed by atoms with E-state index in [0.717, 1.165) is 5.56 Å². The van der Waals surface area contributed by atoms with Crippen LogP contribution in [0.4, 0.5) is 0 Å². The van der Waals surface area contributed by atoms with Gasteiger partial charge in [0.1, 0.15) is 5.56 Å². The molecule has 0 bridgehead atoms. The Labute approximate surface area is 127 Å². The summed E-state index contributed by atoms with van der Waals surface area (Å²) < 4.78 is 6.21. The van der Waals surface area contributed by atoms with Gasteiger partial charge in [0.05, 0.1) is 6.61 Å². The molecule has 2 rings (SSSR count). The molecule has 0 aliphatic carbocycles. The quantitative estimate of drug-likeness (QED) is 0.482. The van der Waals surface area contributed by atoms with E-state index in [1.54, 1.807) is 14.0 Å². The molecule has 1 aromatic heterocycles. The maximum atomic E-state index is 12.1. The molecule has 0 spiro atoms. The van der Waals surface area contributed by atoms with Crippen LogP contribution < -0.4 is 5.56 Å². The third-order valence-corrected chi connectivity index (χ3v) is 3.95. The van der Waals surface area contributed by atoms with Gasteiger partial charge in [-0.05, 0) is 12.5 Å². The molecule has 2 aromatic rings. The molecule has 1 heterocycles. The van der Waals surface area contributed by atoms with Gasteiger partial charge < -0.3 is 4.74 Å². The maximum absolute atomic E-state index is 12.1. The van der Waals surface area contributed by atoms with Gasteiger partial charge in [0, 0.05) is 19.0 Å². The van der Waals surface area contributed by atoms with Gasteiger partial charge in [-0.15, -0.1) is 0 Å². The maximum Gasteiger partial charge on any atom is 0.345 e. The summed E-state index contributed by atoms with van der Waals surface area (Å²) in [7, 11) is 1.60. The first kappa shape index (κ1) is 15.3. The van der Waals surface area contributed by atoms with Crippen LogP contribution in [0.1, 0.15) is 22.8 Å². The van der Waals surface area contributed by atoms with Crippen molar-refractivity contribution in [2.45, 2.75) is 17.8 Å². The average Bonchev–Trinajstić information content (AvgIpc) is 2.50. The molecule has 21 heavy (non-hydrogen) atoms. The van der Waals surface area contributed by atoms with Crippen molar-refractivity contribution in [3.8, 4) is 0 Å². The van der Waals surface area contributed by atoms with Crippen molar-refractivity contribution in [2.75, 3.05) is 6.61 Å². The van der Waals surface area contributed by atoms with Gasteiger partial charge in [-0.3, -0.25) is 9.36 Å². The van der Waals surface area contributed by atoms with Gasteiger partial charge in [0.2, 0.25) is 0 Å². The standard InChI is InChI=1S/C15H16N2O3S/c1-3-20-14(19)12-9-16-15(17(2)13(12)18)21-10-11-7-5-4-6-8-11/h4-9H,3,10H2,1-2H3. The molecule has 0 fully saturated rings. The predicted octanol–water partition coefficient (Wildman–Crippen LogP) is 2.25. The number of nitrogens with zero attached hydrogens (tertiary/aromatic N) is 2. The lowest BCUT2D eigenvalue weighted by Crippen LogP contribution is -2.27. The van der Waals surface area contributed by atoms with Crippen LogP contribution in [0, 0.1) is 0 Å². The van der Waals surface area contributed by atoms with E-state index >= 15 is 0 Å². The number of rotatable bonds is 5. The summed E-state index contributed by atoms with van der Waals surface area (Å²) in [5.41, 5.74) is 0.716. The molecule has 0 amide bonds. The van der Waals surface area contributed by atoms with Crippen molar-refractivity contribution in [3.05, 3.63) is 58.0 Å². The summed E-state index contributed by atoms with van der Waals surface area (Å²) in [4.78, 5) is 27.9. The molecule has 0 atom stereocenters. The van der Waals surface area contributed by atoms with Crippen LogP contribution in [0.15, 0.2) is 46.5 Å². The Morgan fingerprint density at radius 2 is 2.05 bits per heavy atom. The highest BCUT2D eigenvalue weighted by atomic mass is 32.2.